The number of benzene rings is 2. The van der Waals surface area contributed by atoms with Gasteiger partial charge in [-0.2, -0.15) is 0 Å². The Morgan fingerprint density at radius 1 is 1.12 bits per heavy atom. The van der Waals surface area contributed by atoms with Crippen LogP contribution < -0.4 is 0 Å². The van der Waals surface area contributed by atoms with Crippen molar-refractivity contribution in [2.24, 2.45) is 0 Å². The van der Waals surface area contributed by atoms with E-state index in [1.54, 1.807) is 13.8 Å². The minimum atomic E-state index is -3.95. The second kappa shape index (κ2) is 5.74. The molecule has 1 fully saturated rings. The van der Waals surface area contributed by atoms with E-state index in [4.69, 9.17) is 4.18 Å². The molecule has 2 aromatic carbocycles. The molecule has 5 nitrogen and oxygen atoms in total. The van der Waals surface area contributed by atoms with E-state index < -0.39 is 33.4 Å². The minimum absolute atomic E-state index is 0.222. The number of fused-ring (bicyclic) bond motifs is 3. The van der Waals surface area contributed by atoms with Crippen molar-refractivity contribution in [3.63, 3.8) is 0 Å². The molecular formula is C18H19NO4S2. The highest BCUT2D eigenvalue weighted by molar-refractivity contribution is 7.99. The molecule has 0 aromatic heterocycles. The second-order valence-electron chi connectivity index (χ2n) is 6.69. The topological polar surface area (TPSA) is 63.7 Å². The number of aryl methyl sites for hydroxylation is 3. The Kier molecular flexibility index (Phi) is 3.88. The molecule has 4 rings (SSSR count). The van der Waals surface area contributed by atoms with Crippen LogP contribution in [0.4, 0.5) is 0 Å². The van der Waals surface area contributed by atoms with Gasteiger partial charge in [-0.05, 0) is 43.0 Å². The standard InChI is InChI=1S/C18H19NO4S2/c1-11-8-12(2)18(13(3)9-11)25(21,22)19-17-15-7-5-4-6-14(15)10-16(17)23-24(19)20/h4-9,16-17H,10H2,1-3H3/t16-,17?,24-/m1/s1. The van der Waals surface area contributed by atoms with E-state index >= 15 is 0 Å². The molecule has 0 N–H and O–H groups in total. The fourth-order valence-corrected chi connectivity index (χ4v) is 7.54. The van der Waals surface area contributed by atoms with E-state index in [-0.39, 0.29) is 4.90 Å². The van der Waals surface area contributed by atoms with Gasteiger partial charge in [0.05, 0.1) is 10.9 Å². The van der Waals surface area contributed by atoms with Gasteiger partial charge in [-0.15, -0.1) is 0 Å². The van der Waals surface area contributed by atoms with Gasteiger partial charge >= 0.3 is 0 Å². The van der Waals surface area contributed by atoms with E-state index in [2.05, 4.69) is 0 Å². The van der Waals surface area contributed by atoms with Gasteiger partial charge < -0.3 is 0 Å². The molecule has 2 aliphatic rings. The van der Waals surface area contributed by atoms with Crippen LogP contribution in [0.3, 0.4) is 0 Å². The van der Waals surface area contributed by atoms with Crippen molar-refractivity contribution < 1.29 is 16.8 Å². The Bertz CT molecular complexity index is 977. The lowest BCUT2D eigenvalue weighted by Gasteiger charge is -2.22. The Morgan fingerprint density at radius 2 is 1.76 bits per heavy atom. The highest BCUT2D eigenvalue weighted by Gasteiger charge is 2.53. The number of hydrogen-bond donors (Lipinski definition) is 0. The predicted octanol–water partition coefficient (Wildman–Crippen LogP) is 2.88. The van der Waals surface area contributed by atoms with Crippen LogP contribution >= 0.6 is 0 Å². The van der Waals surface area contributed by atoms with Gasteiger partial charge in [0.1, 0.15) is 6.10 Å². The lowest BCUT2D eigenvalue weighted by Crippen LogP contribution is -2.33. The molecule has 1 aliphatic heterocycles. The molecule has 2 aromatic rings. The average Bonchev–Trinajstić information content (AvgIpc) is 2.99. The number of hydrogen-bond acceptors (Lipinski definition) is 4. The smallest absolute Gasteiger partial charge is 0.257 e. The molecule has 3 atom stereocenters. The van der Waals surface area contributed by atoms with Crippen LogP contribution in [0.15, 0.2) is 41.3 Å². The monoisotopic (exact) mass is 377 g/mol. The number of rotatable bonds is 2. The third-order valence-electron chi connectivity index (χ3n) is 4.83. The molecule has 0 bridgehead atoms. The summed E-state index contributed by atoms with van der Waals surface area (Å²) in [6, 6.07) is 10.8. The molecule has 0 saturated carbocycles. The fraction of sp³-hybridized carbons (Fsp3) is 0.333. The summed E-state index contributed by atoms with van der Waals surface area (Å²) >= 11 is -2.02. The Labute approximate surface area is 150 Å². The molecular weight excluding hydrogens is 358 g/mol. The van der Waals surface area contributed by atoms with Crippen molar-refractivity contribution in [1.82, 2.24) is 3.71 Å². The van der Waals surface area contributed by atoms with Gasteiger partial charge in [0.2, 0.25) is 0 Å². The zero-order chi connectivity index (χ0) is 17.9. The average molecular weight is 377 g/mol. The molecule has 132 valence electrons. The van der Waals surface area contributed by atoms with Gasteiger partial charge in [-0.25, -0.2) is 12.6 Å². The summed E-state index contributed by atoms with van der Waals surface area (Å²) in [6.07, 6.45) is 0.170. The summed E-state index contributed by atoms with van der Waals surface area (Å²) in [6.45, 7) is 5.47. The largest absolute Gasteiger partial charge is 0.272 e. The van der Waals surface area contributed by atoms with Crippen molar-refractivity contribution in [3.05, 3.63) is 64.2 Å². The van der Waals surface area contributed by atoms with Crippen molar-refractivity contribution in [2.45, 2.75) is 44.2 Å². The fourth-order valence-electron chi connectivity index (χ4n) is 4.01. The summed E-state index contributed by atoms with van der Waals surface area (Å²) in [4.78, 5) is 0.222. The summed E-state index contributed by atoms with van der Waals surface area (Å²) in [5, 5.41) is 0. The van der Waals surface area contributed by atoms with Gasteiger partial charge in [0.25, 0.3) is 21.3 Å². The van der Waals surface area contributed by atoms with Gasteiger partial charge in [-0.1, -0.05) is 45.7 Å². The van der Waals surface area contributed by atoms with Crippen LogP contribution in [0, 0.1) is 20.8 Å². The van der Waals surface area contributed by atoms with Crippen LogP contribution in [0.2, 0.25) is 0 Å². The SMILES string of the molecule is Cc1cc(C)c(S(=O)(=O)N2C3c4ccccc4C[C@H]3O[S@]2=O)c(C)c1. The van der Waals surface area contributed by atoms with E-state index in [9.17, 15) is 12.6 Å². The summed E-state index contributed by atoms with van der Waals surface area (Å²) in [7, 11) is -3.95. The lowest BCUT2D eigenvalue weighted by molar-refractivity contribution is 0.230. The van der Waals surface area contributed by atoms with Gasteiger partial charge in [0, 0.05) is 6.42 Å². The van der Waals surface area contributed by atoms with Crippen molar-refractivity contribution in [3.8, 4) is 0 Å². The quantitative estimate of drug-likeness (QED) is 0.807. The number of nitrogens with zero attached hydrogens (tertiary/aromatic N) is 1. The summed E-state index contributed by atoms with van der Waals surface area (Å²) < 4.78 is 45.9. The van der Waals surface area contributed by atoms with Gasteiger partial charge in [0.15, 0.2) is 0 Å². The molecule has 25 heavy (non-hydrogen) atoms. The Balaban J connectivity index is 1.88. The first kappa shape index (κ1) is 16.9. The lowest BCUT2D eigenvalue weighted by atomic mass is 10.1. The third-order valence-corrected chi connectivity index (χ3v) is 8.57. The highest BCUT2D eigenvalue weighted by atomic mass is 32.3. The predicted molar refractivity (Wildman–Crippen MR) is 95.6 cm³/mol. The maximum atomic E-state index is 13.4. The van der Waals surface area contributed by atoms with Crippen molar-refractivity contribution in [2.75, 3.05) is 0 Å². The Hall–Kier alpha value is -1.54. The second-order valence-corrected chi connectivity index (χ2v) is 9.69. The van der Waals surface area contributed by atoms with E-state index in [0.717, 1.165) is 20.4 Å². The molecule has 1 heterocycles. The molecule has 1 saturated heterocycles. The maximum Gasteiger partial charge on any atom is 0.257 e. The number of sulfonamides is 1. The first-order chi connectivity index (χ1) is 11.8. The molecule has 1 aliphatic carbocycles. The first-order valence-corrected chi connectivity index (χ1v) is 10.6. The van der Waals surface area contributed by atoms with E-state index in [1.807, 2.05) is 43.3 Å². The molecule has 0 radical (unpaired) electrons. The molecule has 0 amide bonds. The van der Waals surface area contributed by atoms with Crippen LogP contribution in [-0.4, -0.2) is 22.4 Å². The van der Waals surface area contributed by atoms with Crippen LogP contribution in [0.5, 0.6) is 0 Å². The van der Waals surface area contributed by atoms with Crippen molar-refractivity contribution >= 4 is 21.3 Å². The normalized spacial score (nSPS) is 25.8. The van der Waals surface area contributed by atoms with Crippen molar-refractivity contribution in [1.29, 1.82) is 0 Å². The van der Waals surface area contributed by atoms with Crippen LogP contribution in [0.25, 0.3) is 0 Å². The summed E-state index contributed by atoms with van der Waals surface area (Å²) in [5.41, 5.74) is 4.24. The maximum absolute atomic E-state index is 13.4. The Morgan fingerprint density at radius 3 is 2.44 bits per heavy atom. The van der Waals surface area contributed by atoms with Crippen LogP contribution in [-0.2, 0) is 31.9 Å². The third kappa shape index (κ3) is 2.49. The highest BCUT2D eigenvalue weighted by Crippen LogP contribution is 2.46. The minimum Gasteiger partial charge on any atom is -0.272 e. The molecule has 7 heteroatoms. The summed E-state index contributed by atoms with van der Waals surface area (Å²) in [5.74, 6) is 0. The zero-order valence-corrected chi connectivity index (χ0v) is 15.9. The molecule has 0 spiro atoms. The zero-order valence-electron chi connectivity index (χ0n) is 14.2. The van der Waals surface area contributed by atoms with Crippen LogP contribution in [0.1, 0.15) is 33.9 Å². The van der Waals surface area contributed by atoms with Gasteiger partial charge in [-0.3, -0.25) is 4.18 Å². The molecule has 1 unspecified atom stereocenters. The van der Waals surface area contributed by atoms with E-state index in [0.29, 0.717) is 17.5 Å². The first-order valence-electron chi connectivity index (χ1n) is 8.10. The van der Waals surface area contributed by atoms with E-state index in [1.165, 1.54) is 0 Å².